The van der Waals surface area contributed by atoms with Gasteiger partial charge < -0.3 is 10.3 Å². The van der Waals surface area contributed by atoms with Gasteiger partial charge in [0.05, 0.1) is 0 Å². The maximum Gasteiger partial charge on any atom is 0.130 e. The Hall–Kier alpha value is -1.68. The summed E-state index contributed by atoms with van der Waals surface area (Å²) in [5, 5.41) is 0. The summed E-state index contributed by atoms with van der Waals surface area (Å²) in [6, 6.07) is 4.96. The molecule has 96 valence electrons. The van der Waals surface area contributed by atoms with Gasteiger partial charge in [0.2, 0.25) is 0 Å². The fourth-order valence-electron chi connectivity index (χ4n) is 2.08. The molecule has 1 aromatic heterocycles. The van der Waals surface area contributed by atoms with E-state index in [9.17, 15) is 4.39 Å². The van der Waals surface area contributed by atoms with Gasteiger partial charge in [0.1, 0.15) is 11.6 Å². The molecule has 0 saturated carbocycles. The van der Waals surface area contributed by atoms with E-state index in [1.54, 1.807) is 25.3 Å². The van der Waals surface area contributed by atoms with Crippen LogP contribution in [0.15, 0.2) is 30.6 Å². The molecule has 3 nitrogen and oxygen atoms in total. The van der Waals surface area contributed by atoms with E-state index in [0.29, 0.717) is 17.5 Å². The number of nitrogens with zero attached hydrogens (tertiary/aromatic N) is 2. The van der Waals surface area contributed by atoms with Crippen molar-refractivity contribution >= 4 is 0 Å². The van der Waals surface area contributed by atoms with E-state index in [2.05, 4.69) is 4.98 Å². The van der Waals surface area contributed by atoms with E-state index in [0.717, 1.165) is 12.4 Å². The van der Waals surface area contributed by atoms with Gasteiger partial charge in [-0.25, -0.2) is 9.37 Å². The van der Waals surface area contributed by atoms with Crippen LogP contribution in [-0.2, 0) is 13.0 Å². The van der Waals surface area contributed by atoms with Crippen molar-refractivity contribution in [2.75, 3.05) is 0 Å². The molecule has 4 heteroatoms. The van der Waals surface area contributed by atoms with Gasteiger partial charge in [0, 0.05) is 37.0 Å². The van der Waals surface area contributed by atoms with E-state index in [1.807, 2.05) is 23.8 Å². The molecule has 0 bridgehead atoms. The highest BCUT2D eigenvalue weighted by Gasteiger charge is 2.15. The van der Waals surface area contributed by atoms with Crippen LogP contribution in [0.5, 0.6) is 0 Å². The Bertz CT molecular complexity index is 534. The van der Waals surface area contributed by atoms with Gasteiger partial charge >= 0.3 is 0 Å². The highest BCUT2D eigenvalue weighted by Crippen LogP contribution is 2.20. The Balaban J connectivity index is 2.22. The summed E-state index contributed by atoms with van der Waals surface area (Å²) in [7, 11) is 0. The van der Waals surface area contributed by atoms with E-state index in [1.165, 1.54) is 0 Å². The molecular formula is C14H18FN3. The summed E-state index contributed by atoms with van der Waals surface area (Å²) in [6.45, 7) is 4.64. The van der Waals surface area contributed by atoms with Crippen LogP contribution >= 0.6 is 0 Å². The number of benzene rings is 1. The lowest BCUT2D eigenvalue weighted by Gasteiger charge is -2.14. The predicted molar refractivity (Wildman–Crippen MR) is 69.7 cm³/mol. The Morgan fingerprint density at radius 3 is 2.94 bits per heavy atom. The number of hydrogen-bond donors (Lipinski definition) is 1. The number of imidazole rings is 1. The van der Waals surface area contributed by atoms with Gasteiger partial charge in [-0.1, -0.05) is 18.2 Å². The quantitative estimate of drug-likeness (QED) is 0.902. The molecule has 18 heavy (non-hydrogen) atoms. The third-order valence-electron chi connectivity index (χ3n) is 3.17. The molecule has 0 radical (unpaired) electrons. The Kier molecular flexibility index (Phi) is 3.77. The molecule has 0 aliphatic carbocycles. The van der Waals surface area contributed by atoms with Gasteiger partial charge in [0.25, 0.3) is 0 Å². The lowest BCUT2D eigenvalue weighted by Crippen LogP contribution is -2.18. The van der Waals surface area contributed by atoms with Gasteiger partial charge in [-0.3, -0.25) is 0 Å². The largest absolute Gasteiger partial charge is 0.335 e. The van der Waals surface area contributed by atoms with Crippen LogP contribution in [0.4, 0.5) is 4.39 Å². The number of rotatable bonds is 4. The summed E-state index contributed by atoms with van der Waals surface area (Å²) in [4.78, 5) is 4.27. The number of nitrogens with two attached hydrogens (primary N) is 1. The van der Waals surface area contributed by atoms with E-state index < -0.39 is 0 Å². The van der Waals surface area contributed by atoms with E-state index >= 15 is 0 Å². The average molecular weight is 247 g/mol. The number of aryl methyl sites for hydroxylation is 2. The third kappa shape index (κ3) is 2.43. The summed E-state index contributed by atoms with van der Waals surface area (Å²) < 4.78 is 16.0. The van der Waals surface area contributed by atoms with Crippen LogP contribution in [0.3, 0.4) is 0 Å². The van der Waals surface area contributed by atoms with Crippen LogP contribution in [0.1, 0.15) is 29.9 Å². The first-order valence-electron chi connectivity index (χ1n) is 6.14. The molecule has 0 aliphatic heterocycles. The molecule has 1 aromatic carbocycles. The zero-order chi connectivity index (χ0) is 13.1. The topological polar surface area (TPSA) is 43.8 Å². The normalized spacial score (nSPS) is 12.7. The van der Waals surface area contributed by atoms with Crippen LogP contribution in [0.2, 0.25) is 0 Å². The number of halogens is 1. The van der Waals surface area contributed by atoms with Gasteiger partial charge in [0.15, 0.2) is 0 Å². The molecule has 2 rings (SSSR count). The molecule has 1 heterocycles. The molecule has 1 unspecified atom stereocenters. The lowest BCUT2D eigenvalue weighted by molar-refractivity contribution is 0.559. The summed E-state index contributed by atoms with van der Waals surface area (Å²) in [5.41, 5.74) is 7.27. The van der Waals surface area contributed by atoms with Crippen molar-refractivity contribution in [1.29, 1.82) is 0 Å². The Morgan fingerprint density at radius 2 is 2.22 bits per heavy atom. The van der Waals surface area contributed by atoms with E-state index in [-0.39, 0.29) is 11.9 Å². The minimum Gasteiger partial charge on any atom is -0.335 e. The second-order valence-electron chi connectivity index (χ2n) is 4.42. The standard InChI is InChI=1S/C14H18FN3/c1-3-18-8-7-17-13(18)9-12(16)11-6-4-5-10(2)14(11)15/h4-8,12H,3,9,16H2,1-2H3. The lowest BCUT2D eigenvalue weighted by atomic mass is 10.0. The minimum atomic E-state index is -0.363. The van der Waals surface area contributed by atoms with Crippen molar-refractivity contribution in [2.45, 2.75) is 32.9 Å². The van der Waals surface area contributed by atoms with Crippen LogP contribution in [-0.4, -0.2) is 9.55 Å². The monoisotopic (exact) mass is 247 g/mol. The van der Waals surface area contributed by atoms with Crippen LogP contribution in [0, 0.1) is 12.7 Å². The zero-order valence-electron chi connectivity index (χ0n) is 10.7. The maximum absolute atomic E-state index is 14.0. The highest BCUT2D eigenvalue weighted by molar-refractivity contribution is 5.28. The summed E-state index contributed by atoms with van der Waals surface area (Å²) in [6.07, 6.45) is 4.20. The molecule has 0 fully saturated rings. The predicted octanol–water partition coefficient (Wildman–Crippen LogP) is 2.59. The Morgan fingerprint density at radius 1 is 1.44 bits per heavy atom. The highest BCUT2D eigenvalue weighted by atomic mass is 19.1. The van der Waals surface area contributed by atoms with Gasteiger partial charge in [-0.15, -0.1) is 0 Å². The summed E-state index contributed by atoms with van der Waals surface area (Å²) >= 11 is 0. The molecular weight excluding hydrogens is 229 g/mol. The molecule has 2 N–H and O–H groups in total. The Labute approximate surface area is 106 Å². The van der Waals surface area contributed by atoms with E-state index in [4.69, 9.17) is 5.73 Å². The van der Waals surface area contributed by atoms with Crippen LogP contribution < -0.4 is 5.73 Å². The van der Waals surface area contributed by atoms with Crippen molar-refractivity contribution in [3.8, 4) is 0 Å². The number of aromatic nitrogens is 2. The van der Waals surface area contributed by atoms with Crippen molar-refractivity contribution in [3.63, 3.8) is 0 Å². The molecule has 2 aromatic rings. The van der Waals surface area contributed by atoms with Crippen molar-refractivity contribution in [1.82, 2.24) is 9.55 Å². The molecule has 0 aliphatic rings. The molecule has 1 atom stereocenters. The number of hydrogen-bond acceptors (Lipinski definition) is 2. The first kappa shape index (κ1) is 12.8. The van der Waals surface area contributed by atoms with Crippen molar-refractivity contribution < 1.29 is 4.39 Å². The summed E-state index contributed by atoms with van der Waals surface area (Å²) in [5.74, 6) is 0.686. The first-order chi connectivity index (χ1) is 8.63. The third-order valence-corrected chi connectivity index (χ3v) is 3.17. The smallest absolute Gasteiger partial charge is 0.130 e. The second-order valence-corrected chi connectivity index (χ2v) is 4.42. The zero-order valence-corrected chi connectivity index (χ0v) is 10.7. The van der Waals surface area contributed by atoms with Crippen molar-refractivity contribution in [2.24, 2.45) is 5.73 Å². The molecule has 0 amide bonds. The molecule has 0 saturated heterocycles. The maximum atomic E-state index is 14.0. The van der Waals surface area contributed by atoms with Gasteiger partial charge in [-0.2, -0.15) is 0 Å². The van der Waals surface area contributed by atoms with Crippen molar-refractivity contribution in [3.05, 3.63) is 53.4 Å². The van der Waals surface area contributed by atoms with Crippen LogP contribution in [0.25, 0.3) is 0 Å². The van der Waals surface area contributed by atoms with Gasteiger partial charge in [-0.05, 0) is 19.4 Å². The fourth-order valence-corrected chi connectivity index (χ4v) is 2.08. The first-order valence-corrected chi connectivity index (χ1v) is 6.14. The minimum absolute atomic E-state index is 0.209. The SMILES string of the molecule is CCn1ccnc1CC(N)c1cccc(C)c1F. The molecule has 0 spiro atoms. The average Bonchev–Trinajstić information content (AvgIpc) is 2.79. The fraction of sp³-hybridized carbons (Fsp3) is 0.357. The second kappa shape index (κ2) is 5.31.